The van der Waals surface area contributed by atoms with Gasteiger partial charge in [-0.2, -0.15) is 0 Å². The average Bonchev–Trinajstić information content (AvgIpc) is 2.58. The van der Waals surface area contributed by atoms with Gasteiger partial charge in [-0.1, -0.05) is 45.0 Å². The van der Waals surface area contributed by atoms with Gasteiger partial charge in [0.15, 0.2) is 17.5 Å². The maximum Gasteiger partial charge on any atom is 0.186 e. The third-order valence-corrected chi connectivity index (χ3v) is 4.04. The molecule has 0 radical (unpaired) electrons. The number of hydrogen-bond donors (Lipinski definition) is 2. The van der Waals surface area contributed by atoms with Crippen LogP contribution in [0.5, 0.6) is 11.5 Å². The smallest absolute Gasteiger partial charge is 0.186 e. The van der Waals surface area contributed by atoms with Crippen LogP contribution in [0.1, 0.15) is 31.9 Å². The van der Waals surface area contributed by atoms with Crippen molar-refractivity contribution < 1.29 is 9.47 Å². The first-order valence-electron chi connectivity index (χ1n) is 8.17. The van der Waals surface area contributed by atoms with E-state index in [1.54, 1.807) is 14.2 Å². The third kappa shape index (κ3) is 4.44. The predicted octanol–water partition coefficient (Wildman–Crippen LogP) is 3.44. The first-order chi connectivity index (χ1) is 11.8. The normalized spacial score (nSPS) is 11.1. The number of aliphatic imine (C=N–C) groups is 1. The van der Waals surface area contributed by atoms with E-state index in [1.165, 1.54) is 5.56 Å². The van der Waals surface area contributed by atoms with Crippen molar-refractivity contribution in [3.8, 4) is 22.6 Å². The van der Waals surface area contributed by atoms with Gasteiger partial charge in [0.2, 0.25) is 0 Å². The van der Waals surface area contributed by atoms with E-state index in [0.29, 0.717) is 18.0 Å². The maximum absolute atomic E-state index is 5.59. The molecule has 0 saturated heterocycles. The Bertz CT molecular complexity index is 756. The molecule has 2 aromatic carbocycles. The highest BCUT2D eigenvalue weighted by molar-refractivity contribution is 5.77. The van der Waals surface area contributed by atoms with E-state index >= 15 is 0 Å². The number of nitrogens with two attached hydrogens (primary N) is 2. The van der Waals surface area contributed by atoms with Crippen molar-refractivity contribution in [2.75, 3.05) is 14.2 Å². The van der Waals surface area contributed by atoms with E-state index in [4.69, 9.17) is 20.9 Å². The summed E-state index contributed by atoms with van der Waals surface area (Å²) in [5.41, 5.74) is 15.2. The monoisotopic (exact) mass is 341 g/mol. The summed E-state index contributed by atoms with van der Waals surface area (Å²) >= 11 is 0. The van der Waals surface area contributed by atoms with Gasteiger partial charge in [0.1, 0.15) is 0 Å². The fraction of sp³-hybridized carbons (Fsp3) is 0.350. The number of nitrogens with zero attached hydrogens (tertiary/aromatic N) is 1. The Labute approximate surface area is 149 Å². The molecule has 0 unspecified atom stereocenters. The number of guanidine groups is 1. The molecular weight excluding hydrogens is 314 g/mol. The molecule has 0 bridgehead atoms. The van der Waals surface area contributed by atoms with E-state index in [0.717, 1.165) is 16.7 Å². The second kappa shape index (κ2) is 7.47. The summed E-state index contributed by atoms with van der Waals surface area (Å²) in [4.78, 5) is 4.08. The molecule has 25 heavy (non-hydrogen) atoms. The minimum atomic E-state index is 0.0610. The molecule has 5 nitrogen and oxygen atoms in total. The van der Waals surface area contributed by atoms with Crippen molar-refractivity contribution in [2.24, 2.45) is 16.5 Å². The highest BCUT2D eigenvalue weighted by atomic mass is 16.5. The summed E-state index contributed by atoms with van der Waals surface area (Å²) in [6, 6.07) is 12.4. The van der Waals surface area contributed by atoms with Gasteiger partial charge in [-0.3, -0.25) is 0 Å². The Hall–Kier alpha value is -2.69. The van der Waals surface area contributed by atoms with Crippen molar-refractivity contribution >= 4 is 5.96 Å². The standard InChI is InChI=1S/C20H27N3O2/c1-20(2,3)15-8-6-14(7-9-15)16-10-13(12-23-19(21)22)11-17(24-4)18(16)25-5/h6-11H,12H2,1-5H3,(H4,21,22,23). The summed E-state index contributed by atoms with van der Waals surface area (Å²) < 4.78 is 11.1. The van der Waals surface area contributed by atoms with E-state index in [-0.39, 0.29) is 11.4 Å². The highest BCUT2D eigenvalue weighted by Crippen LogP contribution is 2.40. The topological polar surface area (TPSA) is 82.9 Å². The van der Waals surface area contributed by atoms with Crippen LogP contribution < -0.4 is 20.9 Å². The lowest BCUT2D eigenvalue weighted by Crippen LogP contribution is -2.22. The molecule has 0 aliphatic rings. The zero-order valence-corrected chi connectivity index (χ0v) is 15.6. The molecule has 0 aliphatic carbocycles. The molecular formula is C20H27N3O2. The van der Waals surface area contributed by atoms with Gasteiger partial charge in [-0.05, 0) is 34.2 Å². The summed E-state index contributed by atoms with van der Waals surface area (Å²) in [6.07, 6.45) is 0. The van der Waals surface area contributed by atoms with Crippen molar-refractivity contribution in [3.05, 3.63) is 47.5 Å². The number of ether oxygens (including phenoxy) is 2. The maximum atomic E-state index is 5.59. The largest absolute Gasteiger partial charge is 0.493 e. The zero-order chi connectivity index (χ0) is 18.6. The molecule has 134 valence electrons. The van der Waals surface area contributed by atoms with Crippen LogP contribution in [-0.4, -0.2) is 20.2 Å². The van der Waals surface area contributed by atoms with Crippen molar-refractivity contribution in [2.45, 2.75) is 32.7 Å². The van der Waals surface area contributed by atoms with Gasteiger partial charge in [-0.15, -0.1) is 0 Å². The summed E-state index contributed by atoms with van der Waals surface area (Å²) in [5.74, 6) is 1.41. The van der Waals surface area contributed by atoms with Crippen LogP contribution in [-0.2, 0) is 12.0 Å². The number of benzene rings is 2. The fourth-order valence-electron chi connectivity index (χ4n) is 2.66. The van der Waals surface area contributed by atoms with Crippen LogP contribution in [0.15, 0.2) is 41.4 Å². The van der Waals surface area contributed by atoms with Gasteiger partial charge in [-0.25, -0.2) is 4.99 Å². The average molecular weight is 341 g/mol. The molecule has 0 aromatic heterocycles. The summed E-state index contributed by atoms with van der Waals surface area (Å²) in [5, 5.41) is 0. The molecule has 4 N–H and O–H groups in total. The molecule has 5 heteroatoms. The van der Waals surface area contributed by atoms with Gasteiger partial charge in [0.25, 0.3) is 0 Å². The lowest BCUT2D eigenvalue weighted by atomic mass is 9.86. The van der Waals surface area contributed by atoms with E-state index in [2.05, 4.69) is 50.0 Å². The van der Waals surface area contributed by atoms with Crippen molar-refractivity contribution in [1.29, 1.82) is 0 Å². The van der Waals surface area contributed by atoms with Crippen LogP contribution in [0.25, 0.3) is 11.1 Å². The summed E-state index contributed by atoms with van der Waals surface area (Å²) in [6.45, 7) is 6.97. The molecule has 2 aromatic rings. The van der Waals surface area contributed by atoms with Gasteiger partial charge in [0.05, 0.1) is 20.8 Å². The van der Waals surface area contributed by atoms with Gasteiger partial charge < -0.3 is 20.9 Å². The van der Waals surface area contributed by atoms with Crippen LogP contribution in [0.3, 0.4) is 0 Å². The lowest BCUT2D eigenvalue weighted by Gasteiger charge is -2.20. The highest BCUT2D eigenvalue weighted by Gasteiger charge is 2.16. The minimum Gasteiger partial charge on any atom is -0.493 e. The van der Waals surface area contributed by atoms with Crippen molar-refractivity contribution in [3.63, 3.8) is 0 Å². The Morgan fingerprint density at radius 1 is 1.00 bits per heavy atom. The van der Waals surface area contributed by atoms with Gasteiger partial charge >= 0.3 is 0 Å². The fourth-order valence-corrected chi connectivity index (χ4v) is 2.66. The van der Waals surface area contributed by atoms with Crippen LogP contribution in [0.4, 0.5) is 0 Å². The van der Waals surface area contributed by atoms with Gasteiger partial charge in [0, 0.05) is 5.56 Å². The molecule has 0 fully saturated rings. The molecule has 0 amide bonds. The Morgan fingerprint density at radius 2 is 1.64 bits per heavy atom. The lowest BCUT2D eigenvalue weighted by molar-refractivity contribution is 0.355. The quantitative estimate of drug-likeness (QED) is 0.644. The third-order valence-electron chi connectivity index (χ3n) is 4.04. The molecule has 2 rings (SSSR count). The Kier molecular flexibility index (Phi) is 5.57. The molecule has 0 aliphatic heterocycles. The Morgan fingerprint density at radius 3 is 2.12 bits per heavy atom. The molecule has 0 atom stereocenters. The molecule has 0 saturated carbocycles. The van der Waals surface area contributed by atoms with Crippen LogP contribution in [0, 0.1) is 0 Å². The van der Waals surface area contributed by atoms with E-state index in [1.807, 2.05) is 12.1 Å². The van der Waals surface area contributed by atoms with Crippen molar-refractivity contribution in [1.82, 2.24) is 0 Å². The van der Waals surface area contributed by atoms with Crippen LogP contribution >= 0.6 is 0 Å². The predicted molar refractivity (Wildman–Crippen MR) is 103 cm³/mol. The number of rotatable bonds is 5. The van der Waals surface area contributed by atoms with E-state index < -0.39 is 0 Å². The first kappa shape index (κ1) is 18.6. The second-order valence-corrected chi connectivity index (χ2v) is 6.95. The Balaban J connectivity index is 2.54. The molecule has 0 heterocycles. The van der Waals surface area contributed by atoms with Crippen LogP contribution in [0.2, 0.25) is 0 Å². The zero-order valence-electron chi connectivity index (χ0n) is 15.6. The second-order valence-electron chi connectivity index (χ2n) is 6.95. The molecule has 0 spiro atoms. The van der Waals surface area contributed by atoms with E-state index in [9.17, 15) is 0 Å². The number of methoxy groups -OCH3 is 2. The number of hydrogen-bond acceptors (Lipinski definition) is 3. The SMILES string of the molecule is COc1cc(CN=C(N)N)cc(-c2ccc(C(C)(C)C)cc2)c1OC. The summed E-state index contributed by atoms with van der Waals surface area (Å²) in [7, 11) is 3.26. The minimum absolute atomic E-state index is 0.0610. The first-order valence-corrected chi connectivity index (χ1v) is 8.17.